The Labute approximate surface area is 141 Å². The maximum Gasteiger partial charge on any atom is 0.310 e. The van der Waals surface area contributed by atoms with Crippen molar-refractivity contribution in [1.29, 1.82) is 0 Å². The Bertz CT molecular complexity index is 823. The molecular formula is C15H13N3O7. The summed E-state index contributed by atoms with van der Waals surface area (Å²) in [5.41, 5.74) is -0.675. The second-order valence-electron chi connectivity index (χ2n) is 4.70. The molecule has 1 amide bonds. The maximum absolute atomic E-state index is 11.9. The van der Waals surface area contributed by atoms with Crippen LogP contribution >= 0.6 is 0 Å². The number of nitro groups is 2. The average molecular weight is 347 g/mol. The predicted octanol–water partition coefficient (Wildman–Crippen LogP) is 2.53. The van der Waals surface area contributed by atoms with E-state index in [1.54, 1.807) is 0 Å². The number of amides is 1. The molecule has 0 bridgehead atoms. The molecule has 0 heterocycles. The first-order valence-corrected chi connectivity index (χ1v) is 6.91. The lowest BCUT2D eigenvalue weighted by atomic mass is 10.2. The van der Waals surface area contributed by atoms with Gasteiger partial charge in [0.15, 0.2) is 12.4 Å². The van der Waals surface area contributed by atoms with Crippen LogP contribution in [0, 0.1) is 20.2 Å². The van der Waals surface area contributed by atoms with Crippen molar-refractivity contribution >= 4 is 23.0 Å². The molecule has 0 unspecified atom stereocenters. The zero-order chi connectivity index (χ0) is 18.4. The molecule has 10 nitrogen and oxygen atoms in total. The van der Waals surface area contributed by atoms with E-state index in [2.05, 4.69) is 5.32 Å². The van der Waals surface area contributed by atoms with Crippen LogP contribution in [0.5, 0.6) is 11.5 Å². The number of carbonyl (C=O) groups excluding carboxylic acids is 1. The van der Waals surface area contributed by atoms with Crippen molar-refractivity contribution in [3.05, 3.63) is 62.7 Å². The smallest absolute Gasteiger partial charge is 0.310 e. The Balaban J connectivity index is 2.09. The lowest BCUT2D eigenvalue weighted by Gasteiger charge is -2.09. The van der Waals surface area contributed by atoms with Gasteiger partial charge in [0, 0.05) is 6.07 Å². The molecule has 10 heteroatoms. The van der Waals surface area contributed by atoms with E-state index >= 15 is 0 Å². The molecule has 2 aromatic rings. The summed E-state index contributed by atoms with van der Waals surface area (Å²) in [7, 11) is 1.36. The SMILES string of the molecule is COc1ccc(NC(=O)COc2ccccc2[N+](=O)[O-])c([N+](=O)[O-])c1. The summed E-state index contributed by atoms with van der Waals surface area (Å²) in [5, 5.41) is 24.3. The number of para-hydroxylation sites is 2. The van der Waals surface area contributed by atoms with Crippen LogP contribution in [0.25, 0.3) is 0 Å². The highest BCUT2D eigenvalue weighted by molar-refractivity contribution is 5.94. The number of methoxy groups -OCH3 is 1. The van der Waals surface area contributed by atoms with Crippen LogP contribution in [0.15, 0.2) is 42.5 Å². The van der Waals surface area contributed by atoms with Gasteiger partial charge in [-0.1, -0.05) is 12.1 Å². The van der Waals surface area contributed by atoms with Gasteiger partial charge < -0.3 is 14.8 Å². The fourth-order valence-electron chi connectivity index (χ4n) is 1.95. The van der Waals surface area contributed by atoms with Crippen molar-refractivity contribution in [3.8, 4) is 11.5 Å². The van der Waals surface area contributed by atoms with Gasteiger partial charge in [-0.2, -0.15) is 0 Å². The minimum absolute atomic E-state index is 0.0399. The number of rotatable bonds is 7. The van der Waals surface area contributed by atoms with Crippen molar-refractivity contribution in [3.63, 3.8) is 0 Å². The van der Waals surface area contributed by atoms with E-state index in [4.69, 9.17) is 9.47 Å². The van der Waals surface area contributed by atoms with Crippen LogP contribution in [0.3, 0.4) is 0 Å². The molecule has 2 rings (SSSR count). The van der Waals surface area contributed by atoms with Crippen LogP contribution in [0.2, 0.25) is 0 Å². The topological polar surface area (TPSA) is 134 Å². The molecule has 0 radical (unpaired) electrons. The number of hydrogen-bond acceptors (Lipinski definition) is 7. The number of benzene rings is 2. The van der Waals surface area contributed by atoms with E-state index in [0.29, 0.717) is 0 Å². The number of hydrogen-bond donors (Lipinski definition) is 1. The van der Waals surface area contributed by atoms with Gasteiger partial charge >= 0.3 is 5.69 Å². The van der Waals surface area contributed by atoms with E-state index in [9.17, 15) is 25.0 Å². The molecule has 0 spiro atoms. The Morgan fingerprint density at radius 2 is 1.76 bits per heavy atom. The van der Waals surface area contributed by atoms with Crippen LogP contribution in [-0.4, -0.2) is 29.5 Å². The van der Waals surface area contributed by atoms with Crippen LogP contribution in [0.1, 0.15) is 0 Å². The number of ether oxygens (including phenoxy) is 2. The third-order valence-corrected chi connectivity index (χ3v) is 3.10. The summed E-state index contributed by atoms with van der Waals surface area (Å²) in [6.45, 7) is -0.548. The molecule has 0 aromatic heterocycles. The molecule has 0 saturated carbocycles. The van der Waals surface area contributed by atoms with Gasteiger partial charge in [-0.15, -0.1) is 0 Å². The maximum atomic E-state index is 11.9. The zero-order valence-corrected chi connectivity index (χ0v) is 13.0. The molecule has 0 saturated heterocycles. The molecule has 0 aliphatic rings. The van der Waals surface area contributed by atoms with Crippen LogP contribution in [0.4, 0.5) is 17.1 Å². The summed E-state index contributed by atoms with van der Waals surface area (Å²) in [6.07, 6.45) is 0. The van der Waals surface area contributed by atoms with Crippen LogP contribution in [-0.2, 0) is 4.79 Å². The van der Waals surface area contributed by atoms with E-state index in [1.807, 2.05) is 0 Å². The minimum Gasteiger partial charge on any atom is -0.496 e. The van der Waals surface area contributed by atoms with Crippen LogP contribution < -0.4 is 14.8 Å². The third-order valence-electron chi connectivity index (χ3n) is 3.10. The molecule has 0 fully saturated rings. The highest BCUT2D eigenvalue weighted by Crippen LogP contribution is 2.29. The standard InChI is InChI=1S/C15H13N3O7/c1-24-10-6-7-11(13(8-10)18(22)23)16-15(19)9-25-14-5-3-2-4-12(14)17(20)21/h2-8H,9H2,1H3,(H,16,19). The molecule has 2 aromatic carbocycles. The van der Waals surface area contributed by atoms with Crippen molar-refractivity contribution < 1.29 is 24.1 Å². The fourth-order valence-corrected chi connectivity index (χ4v) is 1.95. The van der Waals surface area contributed by atoms with Gasteiger partial charge in [0.05, 0.1) is 23.0 Å². The second-order valence-corrected chi connectivity index (χ2v) is 4.70. The summed E-state index contributed by atoms with van der Waals surface area (Å²) in [5.74, 6) is -0.515. The number of nitrogens with zero attached hydrogens (tertiary/aromatic N) is 2. The first-order valence-electron chi connectivity index (χ1n) is 6.91. The molecule has 130 valence electrons. The molecule has 0 aliphatic heterocycles. The second kappa shape index (κ2) is 7.73. The third kappa shape index (κ3) is 4.41. The quantitative estimate of drug-likeness (QED) is 0.600. The molecular weight excluding hydrogens is 334 g/mol. The number of nitrogens with one attached hydrogen (secondary N) is 1. The Morgan fingerprint density at radius 1 is 1.08 bits per heavy atom. The van der Waals surface area contributed by atoms with Crippen molar-refractivity contribution in [2.45, 2.75) is 0 Å². The summed E-state index contributed by atoms with van der Waals surface area (Å²) >= 11 is 0. The monoisotopic (exact) mass is 347 g/mol. The van der Waals surface area contributed by atoms with Gasteiger partial charge in [-0.05, 0) is 18.2 Å². The van der Waals surface area contributed by atoms with Crippen molar-refractivity contribution in [1.82, 2.24) is 0 Å². The van der Waals surface area contributed by atoms with E-state index in [0.717, 1.165) is 0 Å². The first-order chi connectivity index (χ1) is 11.9. The predicted molar refractivity (Wildman–Crippen MR) is 86.9 cm³/mol. The largest absolute Gasteiger partial charge is 0.496 e. The number of nitro benzene ring substituents is 2. The highest BCUT2D eigenvalue weighted by atomic mass is 16.6. The van der Waals surface area contributed by atoms with E-state index in [-0.39, 0.29) is 28.6 Å². The average Bonchev–Trinajstić information content (AvgIpc) is 2.60. The van der Waals surface area contributed by atoms with Gasteiger partial charge in [0.2, 0.25) is 0 Å². The zero-order valence-electron chi connectivity index (χ0n) is 13.0. The molecule has 1 N–H and O–H groups in total. The number of anilines is 1. The molecule has 0 atom stereocenters. The summed E-state index contributed by atoms with van der Waals surface area (Å²) in [6, 6.07) is 9.51. The Kier molecular flexibility index (Phi) is 5.46. The Hall–Kier alpha value is -3.69. The molecule has 0 aliphatic carbocycles. The van der Waals surface area contributed by atoms with E-state index < -0.39 is 22.4 Å². The van der Waals surface area contributed by atoms with Gasteiger partial charge in [0.1, 0.15) is 11.4 Å². The summed E-state index contributed by atoms with van der Waals surface area (Å²) in [4.78, 5) is 32.6. The highest BCUT2D eigenvalue weighted by Gasteiger charge is 2.19. The van der Waals surface area contributed by atoms with Crippen molar-refractivity contribution in [2.24, 2.45) is 0 Å². The van der Waals surface area contributed by atoms with E-state index in [1.165, 1.54) is 49.6 Å². The van der Waals surface area contributed by atoms with Crippen molar-refractivity contribution in [2.75, 3.05) is 19.0 Å². The van der Waals surface area contributed by atoms with Gasteiger partial charge in [0.25, 0.3) is 11.6 Å². The molecule has 25 heavy (non-hydrogen) atoms. The lowest BCUT2D eigenvalue weighted by Crippen LogP contribution is -2.21. The van der Waals surface area contributed by atoms with Gasteiger partial charge in [-0.25, -0.2) is 0 Å². The number of carbonyl (C=O) groups is 1. The first kappa shape index (κ1) is 17.7. The normalized spacial score (nSPS) is 9.96. The lowest BCUT2D eigenvalue weighted by molar-refractivity contribution is -0.385. The minimum atomic E-state index is -0.702. The summed E-state index contributed by atoms with van der Waals surface area (Å²) < 4.78 is 10.0. The van der Waals surface area contributed by atoms with Gasteiger partial charge in [-0.3, -0.25) is 25.0 Å². The Morgan fingerprint density at radius 3 is 2.40 bits per heavy atom. The fraction of sp³-hybridized carbons (Fsp3) is 0.133.